The molecule has 0 aromatic rings. The van der Waals surface area contributed by atoms with Crippen molar-refractivity contribution in [3.05, 3.63) is 12.2 Å². The van der Waals surface area contributed by atoms with Gasteiger partial charge in [0.1, 0.15) is 6.10 Å². The van der Waals surface area contributed by atoms with Crippen LogP contribution in [0.5, 0.6) is 0 Å². The molecule has 0 N–H and O–H groups in total. The summed E-state index contributed by atoms with van der Waals surface area (Å²) in [6.45, 7) is 7.59. The van der Waals surface area contributed by atoms with Gasteiger partial charge in [0.25, 0.3) is 0 Å². The summed E-state index contributed by atoms with van der Waals surface area (Å²) in [5.41, 5.74) is 0. The van der Waals surface area contributed by atoms with Gasteiger partial charge in [-0.1, -0.05) is 19.9 Å². The summed E-state index contributed by atoms with van der Waals surface area (Å²) < 4.78 is 5.08. The van der Waals surface area contributed by atoms with E-state index in [1.54, 1.807) is 0 Å². The van der Waals surface area contributed by atoms with E-state index < -0.39 is 0 Å². The van der Waals surface area contributed by atoms with Crippen LogP contribution >= 0.6 is 0 Å². The van der Waals surface area contributed by atoms with E-state index in [0.717, 1.165) is 6.42 Å². The van der Waals surface area contributed by atoms with Crippen LogP contribution in [0.1, 0.15) is 34.1 Å². The summed E-state index contributed by atoms with van der Waals surface area (Å²) in [6, 6.07) is 0. The highest BCUT2D eigenvalue weighted by atomic mass is 16.5. The number of hydrogen-bond donors (Lipinski definition) is 0. The normalized spacial score (nSPS) is 13.8. The van der Waals surface area contributed by atoms with Gasteiger partial charge in [-0.15, -0.1) is 0 Å². The van der Waals surface area contributed by atoms with Gasteiger partial charge in [0.2, 0.25) is 0 Å². The Morgan fingerprint density at radius 2 is 2.08 bits per heavy atom. The van der Waals surface area contributed by atoms with E-state index in [1.807, 2.05) is 19.1 Å². The fourth-order valence-corrected chi connectivity index (χ4v) is 1.06. The van der Waals surface area contributed by atoms with E-state index in [0.29, 0.717) is 5.92 Å². The van der Waals surface area contributed by atoms with Crippen LogP contribution in [0.3, 0.4) is 0 Å². The molecule has 2 heteroatoms. The molecule has 0 saturated heterocycles. The van der Waals surface area contributed by atoms with E-state index in [4.69, 9.17) is 4.74 Å². The van der Waals surface area contributed by atoms with Crippen LogP contribution < -0.4 is 0 Å². The number of esters is 1. The molecule has 0 saturated carbocycles. The summed E-state index contributed by atoms with van der Waals surface area (Å²) in [4.78, 5) is 10.7. The van der Waals surface area contributed by atoms with Crippen molar-refractivity contribution in [2.45, 2.75) is 40.2 Å². The predicted molar refractivity (Wildman–Crippen MR) is 49.8 cm³/mol. The zero-order valence-electron chi connectivity index (χ0n) is 8.33. The topological polar surface area (TPSA) is 26.3 Å². The quantitative estimate of drug-likeness (QED) is 0.478. The Hall–Kier alpha value is -0.790. The van der Waals surface area contributed by atoms with Crippen LogP contribution in [0.15, 0.2) is 12.2 Å². The lowest BCUT2D eigenvalue weighted by atomic mass is 10.1. The molecule has 0 rings (SSSR count). The molecule has 0 heterocycles. The first-order chi connectivity index (χ1) is 5.56. The van der Waals surface area contributed by atoms with Crippen LogP contribution in [0.25, 0.3) is 0 Å². The highest BCUT2D eigenvalue weighted by Gasteiger charge is 2.09. The maximum absolute atomic E-state index is 10.7. The Bertz CT molecular complexity index is 159. The van der Waals surface area contributed by atoms with Gasteiger partial charge in [0, 0.05) is 6.92 Å². The summed E-state index contributed by atoms with van der Waals surface area (Å²) in [7, 11) is 0. The summed E-state index contributed by atoms with van der Waals surface area (Å²) in [6.07, 6.45) is 4.67. The molecular formula is C10H18O2. The summed E-state index contributed by atoms with van der Waals surface area (Å²) >= 11 is 0. The second-order valence-corrected chi connectivity index (χ2v) is 3.30. The minimum atomic E-state index is -0.209. The molecule has 0 aromatic heterocycles. The number of carbonyl (C=O) groups is 1. The molecule has 70 valence electrons. The lowest BCUT2D eigenvalue weighted by Gasteiger charge is -2.14. The van der Waals surface area contributed by atoms with Crippen LogP contribution in [-0.2, 0) is 9.53 Å². The van der Waals surface area contributed by atoms with Crippen LogP contribution in [0.4, 0.5) is 0 Å². The molecule has 0 aliphatic heterocycles. The minimum absolute atomic E-state index is 0.0486. The highest BCUT2D eigenvalue weighted by molar-refractivity contribution is 5.66. The number of hydrogen-bond acceptors (Lipinski definition) is 2. The fourth-order valence-electron chi connectivity index (χ4n) is 1.06. The van der Waals surface area contributed by atoms with Crippen molar-refractivity contribution in [1.82, 2.24) is 0 Å². The van der Waals surface area contributed by atoms with Gasteiger partial charge in [-0.25, -0.2) is 0 Å². The summed E-state index contributed by atoms with van der Waals surface area (Å²) in [5.74, 6) is 0.337. The van der Waals surface area contributed by atoms with Crippen molar-refractivity contribution in [3.8, 4) is 0 Å². The first-order valence-corrected chi connectivity index (χ1v) is 4.36. The smallest absolute Gasteiger partial charge is 0.303 e. The first-order valence-electron chi connectivity index (χ1n) is 4.36. The Morgan fingerprint density at radius 1 is 1.50 bits per heavy atom. The van der Waals surface area contributed by atoms with Gasteiger partial charge in [0.15, 0.2) is 0 Å². The SMILES string of the molecule is C/C=C/[C@H](CC(C)C)OC(C)=O. The van der Waals surface area contributed by atoms with E-state index in [1.165, 1.54) is 6.92 Å². The molecule has 2 nitrogen and oxygen atoms in total. The molecule has 0 aliphatic carbocycles. The van der Waals surface area contributed by atoms with Gasteiger partial charge in [-0.3, -0.25) is 4.79 Å². The molecule has 0 aromatic carbocycles. The van der Waals surface area contributed by atoms with Crippen molar-refractivity contribution in [2.75, 3.05) is 0 Å². The Morgan fingerprint density at radius 3 is 2.42 bits per heavy atom. The monoisotopic (exact) mass is 170 g/mol. The average Bonchev–Trinajstić information content (AvgIpc) is 1.84. The van der Waals surface area contributed by atoms with Gasteiger partial charge in [-0.05, 0) is 25.3 Å². The van der Waals surface area contributed by atoms with Crippen LogP contribution in [0.2, 0.25) is 0 Å². The molecular weight excluding hydrogens is 152 g/mol. The number of carbonyl (C=O) groups excluding carboxylic acids is 1. The zero-order chi connectivity index (χ0) is 9.56. The molecule has 0 bridgehead atoms. The number of allylic oxidation sites excluding steroid dienone is 1. The fraction of sp³-hybridized carbons (Fsp3) is 0.700. The average molecular weight is 170 g/mol. The van der Waals surface area contributed by atoms with Gasteiger partial charge < -0.3 is 4.74 Å². The third kappa shape index (κ3) is 5.96. The maximum Gasteiger partial charge on any atom is 0.303 e. The molecule has 0 unspecified atom stereocenters. The van der Waals surface area contributed by atoms with Gasteiger partial charge in [-0.2, -0.15) is 0 Å². The van der Waals surface area contributed by atoms with Crippen molar-refractivity contribution in [1.29, 1.82) is 0 Å². The van der Waals surface area contributed by atoms with E-state index >= 15 is 0 Å². The second-order valence-electron chi connectivity index (χ2n) is 3.30. The second kappa shape index (κ2) is 5.81. The third-order valence-corrected chi connectivity index (χ3v) is 1.43. The molecule has 0 fully saturated rings. The largest absolute Gasteiger partial charge is 0.458 e. The standard InChI is InChI=1S/C10H18O2/c1-5-6-10(7-8(2)3)12-9(4)11/h5-6,8,10H,7H2,1-4H3/b6-5+/t10-/m1/s1. The van der Waals surface area contributed by atoms with E-state index in [9.17, 15) is 4.79 Å². The zero-order valence-corrected chi connectivity index (χ0v) is 8.33. The predicted octanol–water partition coefficient (Wildman–Crippen LogP) is 2.54. The first kappa shape index (κ1) is 11.2. The number of rotatable bonds is 4. The minimum Gasteiger partial charge on any atom is -0.458 e. The van der Waals surface area contributed by atoms with Gasteiger partial charge >= 0.3 is 5.97 Å². The Balaban J connectivity index is 3.95. The van der Waals surface area contributed by atoms with E-state index in [-0.39, 0.29) is 12.1 Å². The molecule has 0 spiro atoms. The summed E-state index contributed by atoms with van der Waals surface area (Å²) in [5, 5.41) is 0. The Labute approximate surface area is 74.6 Å². The Kier molecular flexibility index (Phi) is 5.43. The lowest BCUT2D eigenvalue weighted by Crippen LogP contribution is -2.15. The van der Waals surface area contributed by atoms with Crippen LogP contribution in [-0.4, -0.2) is 12.1 Å². The van der Waals surface area contributed by atoms with Crippen molar-refractivity contribution < 1.29 is 9.53 Å². The van der Waals surface area contributed by atoms with E-state index in [2.05, 4.69) is 13.8 Å². The van der Waals surface area contributed by atoms with Crippen LogP contribution in [0, 0.1) is 5.92 Å². The number of ether oxygens (including phenoxy) is 1. The maximum atomic E-state index is 10.7. The van der Waals surface area contributed by atoms with Crippen molar-refractivity contribution in [2.24, 2.45) is 5.92 Å². The molecule has 0 radical (unpaired) electrons. The molecule has 0 amide bonds. The van der Waals surface area contributed by atoms with Gasteiger partial charge in [0.05, 0.1) is 0 Å². The molecule has 12 heavy (non-hydrogen) atoms. The van der Waals surface area contributed by atoms with Crippen molar-refractivity contribution in [3.63, 3.8) is 0 Å². The third-order valence-electron chi connectivity index (χ3n) is 1.43. The highest BCUT2D eigenvalue weighted by Crippen LogP contribution is 2.09. The molecule has 0 aliphatic rings. The molecule has 1 atom stereocenters. The van der Waals surface area contributed by atoms with Crippen molar-refractivity contribution >= 4 is 5.97 Å². The lowest BCUT2D eigenvalue weighted by molar-refractivity contribution is -0.144.